The number of carbonyl (C=O) groups excluding carboxylic acids is 3. The SMILES string of the molecule is CC\C=C/C=C\C=C/C=C\CCCCCC(=O)OC(COC(=O)CCCCCCC\C=C/C=C\C=C/C=C\CCCCC)COC(=O)CCCCCCCCCCCCC. The molecule has 6 heteroatoms. The van der Waals surface area contributed by atoms with Gasteiger partial charge in [0.1, 0.15) is 13.2 Å². The average Bonchev–Trinajstić information content (AvgIpc) is 3.24. The second-order valence-corrected chi connectivity index (χ2v) is 15.8. The molecule has 1 atom stereocenters. The molecule has 0 fully saturated rings. The molecule has 0 N–H and O–H groups in total. The maximum atomic E-state index is 12.7. The molecule has 340 valence electrons. The predicted molar refractivity (Wildman–Crippen MR) is 256 cm³/mol. The third kappa shape index (κ3) is 45.4. The number of esters is 3. The Morgan fingerprint density at radius 1 is 0.350 bits per heavy atom. The Hall–Kier alpha value is -3.67. The third-order valence-electron chi connectivity index (χ3n) is 10.0. The Morgan fingerprint density at radius 3 is 1.07 bits per heavy atom. The van der Waals surface area contributed by atoms with E-state index in [-0.39, 0.29) is 37.5 Å². The Kier molecular flexibility index (Phi) is 45.1. The van der Waals surface area contributed by atoms with Crippen LogP contribution in [0, 0.1) is 0 Å². The number of carbonyl (C=O) groups is 3. The molecule has 0 aliphatic rings. The Bertz CT molecular complexity index is 1230. The number of ether oxygens (including phenoxy) is 3. The third-order valence-corrected chi connectivity index (χ3v) is 10.0. The van der Waals surface area contributed by atoms with Crippen LogP contribution in [0.2, 0.25) is 0 Å². The summed E-state index contributed by atoms with van der Waals surface area (Å²) in [6.45, 7) is 6.38. The van der Waals surface area contributed by atoms with Crippen LogP contribution in [-0.4, -0.2) is 37.2 Å². The molecule has 0 amide bonds. The second-order valence-electron chi connectivity index (χ2n) is 15.8. The van der Waals surface area contributed by atoms with Gasteiger partial charge in [-0.2, -0.15) is 0 Å². The monoisotopic (exact) mass is 833 g/mol. The first-order valence-electron chi connectivity index (χ1n) is 24.3. The first-order chi connectivity index (χ1) is 29.5. The van der Waals surface area contributed by atoms with Crippen LogP contribution in [0.5, 0.6) is 0 Å². The van der Waals surface area contributed by atoms with Crippen molar-refractivity contribution >= 4 is 17.9 Å². The van der Waals surface area contributed by atoms with Gasteiger partial charge in [0.15, 0.2) is 6.10 Å². The van der Waals surface area contributed by atoms with E-state index in [1.165, 1.54) is 70.6 Å². The summed E-state index contributed by atoms with van der Waals surface area (Å²) in [5.41, 5.74) is 0. The van der Waals surface area contributed by atoms with Gasteiger partial charge in [0.2, 0.25) is 0 Å². The van der Waals surface area contributed by atoms with E-state index in [4.69, 9.17) is 14.2 Å². The van der Waals surface area contributed by atoms with Crippen LogP contribution in [0.25, 0.3) is 0 Å². The maximum absolute atomic E-state index is 12.7. The quantitative estimate of drug-likeness (QED) is 0.0264. The summed E-state index contributed by atoms with van der Waals surface area (Å²) >= 11 is 0. The molecular formula is C54H88O6. The van der Waals surface area contributed by atoms with Crippen molar-refractivity contribution in [1.82, 2.24) is 0 Å². The van der Waals surface area contributed by atoms with Crippen LogP contribution in [0.4, 0.5) is 0 Å². The minimum atomic E-state index is -0.806. The van der Waals surface area contributed by atoms with Gasteiger partial charge in [0, 0.05) is 19.3 Å². The van der Waals surface area contributed by atoms with E-state index < -0.39 is 6.10 Å². The van der Waals surface area contributed by atoms with E-state index in [0.717, 1.165) is 89.9 Å². The minimum absolute atomic E-state index is 0.101. The van der Waals surface area contributed by atoms with Gasteiger partial charge in [-0.1, -0.05) is 221 Å². The highest BCUT2D eigenvalue weighted by atomic mass is 16.6. The van der Waals surface area contributed by atoms with Gasteiger partial charge in [-0.25, -0.2) is 0 Å². The summed E-state index contributed by atoms with van der Waals surface area (Å²) in [5, 5.41) is 0. The van der Waals surface area contributed by atoms with Gasteiger partial charge >= 0.3 is 17.9 Å². The number of hydrogen-bond donors (Lipinski definition) is 0. The number of hydrogen-bond acceptors (Lipinski definition) is 6. The lowest BCUT2D eigenvalue weighted by molar-refractivity contribution is -0.167. The zero-order valence-electron chi connectivity index (χ0n) is 38.7. The normalized spacial score (nSPS) is 12.9. The van der Waals surface area contributed by atoms with Crippen molar-refractivity contribution in [2.45, 2.75) is 213 Å². The lowest BCUT2D eigenvalue weighted by Crippen LogP contribution is -2.30. The van der Waals surface area contributed by atoms with Gasteiger partial charge in [-0.3, -0.25) is 14.4 Å². The van der Waals surface area contributed by atoms with E-state index in [1.807, 2.05) is 36.5 Å². The standard InChI is InChI=1S/C54H88O6/c1-4-7-10-13-16-19-22-24-25-26-27-28-30-32-35-38-41-44-47-53(56)59-50-51(49-58-52(55)46-43-40-37-34-31-21-18-15-12-9-6-3)60-54(57)48-45-42-39-36-33-29-23-20-17-14-11-8-5-2/h8,11,14,16-17,19-20,22-29,33,51H,4-7,9-10,12-13,15,18,21,30-32,34-50H2,1-3H3/b11-8-,17-14-,19-16-,23-20-,24-22-,26-25-,28-27-,33-29-. The van der Waals surface area contributed by atoms with Crippen LogP contribution >= 0.6 is 0 Å². The summed E-state index contributed by atoms with van der Waals surface area (Å²) in [6.07, 6.45) is 62.4. The number of allylic oxidation sites excluding steroid dienone is 16. The van der Waals surface area contributed by atoms with Crippen LogP contribution in [0.1, 0.15) is 207 Å². The first-order valence-corrected chi connectivity index (χ1v) is 24.3. The molecule has 0 aliphatic heterocycles. The molecule has 0 rings (SSSR count). The first kappa shape index (κ1) is 56.3. The Labute approximate surface area is 368 Å². The molecule has 60 heavy (non-hydrogen) atoms. The Balaban J connectivity index is 4.49. The van der Waals surface area contributed by atoms with Crippen LogP contribution in [-0.2, 0) is 28.6 Å². The van der Waals surface area contributed by atoms with Gasteiger partial charge < -0.3 is 14.2 Å². The van der Waals surface area contributed by atoms with Crippen molar-refractivity contribution in [2.75, 3.05) is 13.2 Å². The predicted octanol–water partition coefficient (Wildman–Crippen LogP) is 15.8. The molecule has 0 aromatic rings. The maximum Gasteiger partial charge on any atom is 0.306 e. The molecule has 1 unspecified atom stereocenters. The lowest BCUT2D eigenvalue weighted by atomic mass is 10.1. The zero-order chi connectivity index (χ0) is 43.7. The molecule has 0 aromatic carbocycles. The summed E-state index contributed by atoms with van der Waals surface area (Å²) in [5.74, 6) is -0.971. The largest absolute Gasteiger partial charge is 0.462 e. The van der Waals surface area contributed by atoms with Crippen molar-refractivity contribution in [3.05, 3.63) is 97.2 Å². The minimum Gasteiger partial charge on any atom is -0.462 e. The van der Waals surface area contributed by atoms with E-state index >= 15 is 0 Å². The highest BCUT2D eigenvalue weighted by Gasteiger charge is 2.19. The van der Waals surface area contributed by atoms with Crippen LogP contribution in [0.3, 0.4) is 0 Å². The zero-order valence-corrected chi connectivity index (χ0v) is 38.7. The molecule has 0 aromatic heterocycles. The second kappa shape index (κ2) is 48.0. The van der Waals surface area contributed by atoms with Gasteiger partial charge in [-0.15, -0.1) is 0 Å². The van der Waals surface area contributed by atoms with E-state index in [2.05, 4.69) is 81.5 Å². The summed E-state index contributed by atoms with van der Waals surface area (Å²) in [6, 6.07) is 0. The van der Waals surface area contributed by atoms with Gasteiger partial charge in [0.25, 0.3) is 0 Å². The van der Waals surface area contributed by atoms with Crippen molar-refractivity contribution in [3.8, 4) is 0 Å². The van der Waals surface area contributed by atoms with Crippen molar-refractivity contribution in [3.63, 3.8) is 0 Å². The molecule has 0 aliphatic carbocycles. The summed E-state index contributed by atoms with van der Waals surface area (Å²) in [4.78, 5) is 37.8. The topological polar surface area (TPSA) is 78.9 Å². The molecule has 0 bridgehead atoms. The van der Waals surface area contributed by atoms with E-state index in [1.54, 1.807) is 0 Å². The molecule has 0 heterocycles. The molecule has 6 nitrogen and oxygen atoms in total. The highest BCUT2D eigenvalue weighted by Crippen LogP contribution is 2.14. The fourth-order valence-electron chi connectivity index (χ4n) is 6.35. The summed E-state index contributed by atoms with van der Waals surface area (Å²) < 4.78 is 16.7. The van der Waals surface area contributed by atoms with Gasteiger partial charge in [0.05, 0.1) is 0 Å². The molecule has 0 saturated carbocycles. The fraction of sp³-hybridized carbons (Fsp3) is 0.648. The molecular weight excluding hydrogens is 745 g/mol. The molecule has 0 spiro atoms. The average molecular weight is 833 g/mol. The van der Waals surface area contributed by atoms with Crippen molar-refractivity contribution < 1.29 is 28.6 Å². The number of rotatable bonds is 42. The van der Waals surface area contributed by atoms with Crippen molar-refractivity contribution in [2.24, 2.45) is 0 Å². The lowest BCUT2D eigenvalue weighted by Gasteiger charge is -2.18. The molecule has 0 radical (unpaired) electrons. The fourth-order valence-corrected chi connectivity index (χ4v) is 6.35. The molecule has 0 saturated heterocycles. The van der Waals surface area contributed by atoms with E-state index in [0.29, 0.717) is 19.3 Å². The van der Waals surface area contributed by atoms with Gasteiger partial charge in [-0.05, 0) is 64.2 Å². The van der Waals surface area contributed by atoms with Crippen LogP contribution in [0.15, 0.2) is 97.2 Å². The Morgan fingerprint density at radius 2 is 0.650 bits per heavy atom. The number of unbranched alkanes of at least 4 members (excludes halogenated alkanes) is 21. The highest BCUT2D eigenvalue weighted by molar-refractivity contribution is 5.71. The van der Waals surface area contributed by atoms with Crippen LogP contribution < -0.4 is 0 Å². The van der Waals surface area contributed by atoms with Crippen molar-refractivity contribution in [1.29, 1.82) is 0 Å². The smallest absolute Gasteiger partial charge is 0.306 e. The summed E-state index contributed by atoms with van der Waals surface area (Å²) in [7, 11) is 0. The van der Waals surface area contributed by atoms with E-state index in [9.17, 15) is 14.4 Å².